The van der Waals surface area contributed by atoms with Crippen molar-refractivity contribution in [3.8, 4) is 11.8 Å². The van der Waals surface area contributed by atoms with E-state index in [0.717, 1.165) is 68.8 Å². The van der Waals surface area contributed by atoms with Gasteiger partial charge in [0.05, 0.1) is 6.54 Å². The molecule has 1 fully saturated rings. The maximum Gasteiger partial charge on any atom is 0.330 e. The van der Waals surface area contributed by atoms with Crippen LogP contribution in [-0.2, 0) is 16.1 Å². The largest absolute Gasteiger partial charge is 0.494 e. The summed E-state index contributed by atoms with van der Waals surface area (Å²) in [5.74, 6) is 1.10. The number of hydrogen-bond acceptors (Lipinski definition) is 7. The molecule has 204 valence electrons. The lowest BCUT2D eigenvalue weighted by atomic mass is 10.0. The van der Waals surface area contributed by atoms with Crippen LogP contribution >= 0.6 is 0 Å². The van der Waals surface area contributed by atoms with Crippen molar-refractivity contribution in [2.24, 2.45) is 0 Å². The molecule has 2 bridgehead atoms. The second-order valence-corrected chi connectivity index (χ2v) is 10.7. The Morgan fingerprint density at radius 1 is 1.05 bits per heavy atom. The van der Waals surface area contributed by atoms with Gasteiger partial charge in [0.15, 0.2) is 11.8 Å². The van der Waals surface area contributed by atoms with E-state index in [4.69, 9.17) is 4.74 Å². The van der Waals surface area contributed by atoms with Crippen molar-refractivity contribution >= 4 is 11.8 Å². The molecule has 2 N–H and O–H groups in total. The molecule has 2 aromatic rings. The Morgan fingerprint density at radius 2 is 1.79 bits per heavy atom. The van der Waals surface area contributed by atoms with Crippen molar-refractivity contribution in [1.82, 2.24) is 14.5 Å². The molecular formula is C30H40N4O4. The van der Waals surface area contributed by atoms with Crippen LogP contribution in [0.3, 0.4) is 0 Å². The average Bonchev–Trinajstić information content (AvgIpc) is 3.62. The van der Waals surface area contributed by atoms with Crippen LogP contribution in [0, 0.1) is 0 Å². The fourth-order valence-electron chi connectivity index (χ4n) is 6.06. The maximum absolute atomic E-state index is 12.7. The number of ether oxygens (including phenoxy) is 1. The first-order valence-corrected chi connectivity index (χ1v) is 14.1. The zero-order valence-corrected chi connectivity index (χ0v) is 22.3. The number of nitrogens with zero attached hydrogens (tertiary/aromatic N) is 4. The molecule has 8 nitrogen and oxygen atoms in total. The monoisotopic (exact) mass is 520 g/mol. The Balaban J connectivity index is 1.24. The number of carbonyl (C=O) groups is 1. The molecule has 3 aliphatic rings. The fraction of sp³-hybridized carbons (Fsp3) is 0.533. The predicted octanol–water partition coefficient (Wildman–Crippen LogP) is 4.70. The fourth-order valence-corrected chi connectivity index (χ4v) is 6.06. The number of hydrogen-bond donors (Lipinski definition) is 2. The summed E-state index contributed by atoms with van der Waals surface area (Å²) >= 11 is 0. The molecule has 3 heterocycles. The molecule has 0 amide bonds. The topological polar surface area (TPSA) is 91.1 Å². The summed E-state index contributed by atoms with van der Waals surface area (Å²) in [4.78, 5) is 21.7. The number of fused-ring (bicyclic) bond motifs is 5. The summed E-state index contributed by atoms with van der Waals surface area (Å²) in [5.41, 5.74) is 1.66. The van der Waals surface area contributed by atoms with Crippen LogP contribution in [0.15, 0.2) is 48.7 Å². The summed E-state index contributed by atoms with van der Waals surface area (Å²) in [6, 6.07) is 5.94. The van der Waals surface area contributed by atoms with Crippen LogP contribution in [-0.4, -0.2) is 69.5 Å². The Labute approximate surface area is 225 Å². The molecule has 3 unspecified atom stereocenters. The van der Waals surface area contributed by atoms with Gasteiger partial charge in [0.2, 0.25) is 0 Å². The molecule has 0 radical (unpaired) electrons. The number of anilines is 1. The van der Waals surface area contributed by atoms with E-state index >= 15 is 0 Å². The Kier molecular flexibility index (Phi) is 8.37. The van der Waals surface area contributed by atoms with Crippen molar-refractivity contribution in [2.45, 2.75) is 69.9 Å². The number of pyridine rings is 1. The maximum atomic E-state index is 12.7. The first kappa shape index (κ1) is 26.4. The van der Waals surface area contributed by atoms with Gasteiger partial charge in [-0.1, -0.05) is 50.5 Å². The van der Waals surface area contributed by atoms with Gasteiger partial charge in [-0.05, 0) is 31.4 Å². The lowest BCUT2D eigenvalue weighted by Gasteiger charge is -2.36. The molecule has 1 saturated heterocycles. The molecule has 0 saturated carbocycles. The van der Waals surface area contributed by atoms with Crippen LogP contribution < -0.4 is 4.90 Å². The highest BCUT2D eigenvalue weighted by atomic mass is 16.5. The quantitative estimate of drug-likeness (QED) is 0.181. The molecule has 2 aliphatic carbocycles. The zero-order chi connectivity index (χ0) is 26.5. The van der Waals surface area contributed by atoms with E-state index < -0.39 is 6.10 Å². The molecule has 5 rings (SSSR count). The molecule has 1 aliphatic heterocycles. The summed E-state index contributed by atoms with van der Waals surface area (Å²) < 4.78 is 7.46. The lowest BCUT2D eigenvalue weighted by molar-refractivity contribution is -0.144. The number of unbranched alkanes of at least 4 members (excludes halogenated alkanes) is 4. The summed E-state index contributed by atoms with van der Waals surface area (Å²) in [7, 11) is 0. The summed E-state index contributed by atoms with van der Waals surface area (Å²) in [5, 5.41) is 22.1. The van der Waals surface area contributed by atoms with Gasteiger partial charge < -0.3 is 19.8 Å². The number of aromatic nitrogens is 2. The van der Waals surface area contributed by atoms with Gasteiger partial charge in [-0.3, -0.25) is 9.47 Å². The average molecular weight is 521 g/mol. The molecule has 3 atom stereocenters. The predicted molar refractivity (Wildman–Crippen MR) is 148 cm³/mol. The molecule has 8 heteroatoms. The van der Waals surface area contributed by atoms with Gasteiger partial charge in [0.25, 0.3) is 0 Å². The van der Waals surface area contributed by atoms with Gasteiger partial charge in [0.1, 0.15) is 11.9 Å². The van der Waals surface area contributed by atoms with Crippen molar-refractivity contribution in [3.05, 3.63) is 59.8 Å². The Bertz CT molecular complexity index is 1120. The Morgan fingerprint density at radius 3 is 2.45 bits per heavy atom. The van der Waals surface area contributed by atoms with E-state index in [0.29, 0.717) is 6.54 Å². The third-order valence-electron chi connectivity index (χ3n) is 8.06. The highest BCUT2D eigenvalue weighted by molar-refractivity contribution is 5.82. The first-order valence-electron chi connectivity index (χ1n) is 14.1. The number of esters is 1. The number of rotatable bonds is 12. The highest BCUT2D eigenvalue weighted by Gasteiger charge is 2.41. The third-order valence-corrected chi connectivity index (χ3v) is 8.06. The second-order valence-electron chi connectivity index (χ2n) is 10.7. The van der Waals surface area contributed by atoms with E-state index in [9.17, 15) is 15.0 Å². The van der Waals surface area contributed by atoms with Crippen LogP contribution in [0.25, 0.3) is 0 Å². The van der Waals surface area contributed by atoms with Crippen molar-refractivity contribution < 1.29 is 19.7 Å². The standard InChI is InChI=1S/C30H40N4O4/c1-2-3-4-5-6-7-11-26(35)38-24(20-32-15-17-33(18-16-32)25-10-8-9-14-31-25)21-34-29(36)27-22-12-13-23(19-22)28(27)30(34)37/h7-14,22-24,36-37H,2-6,15-21H2,1H3. The van der Waals surface area contributed by atoms with Gasteiger partial charge in [-0.25, -0.2) is 9.78 Å². The first-order chi connectivity index (χ1) is 18.5. The van der Waals surface area contributed by atoms with Gasteiger partial charge in [-0.15, -0.1) is 0 Å². The minimum Gasteiger partial charge on any atom is -0.494 e. The van der Waals surface area contributed by atoms with Crippen LogP contribution in [0.1, 0.15) is 68.4 Å². The van der Waals surface area contributed by atoms with Crippen LogP contribution in [0.2, 0.25) is 0 Å². The molecule has 0 spiro atoms. The van der Waals surface area contributed by atoms with Crippen molar-refractivity contribution in [3.63, 3.8) is 0 Å². The highest BCUT2D eigenvalue weighted by Crippen LogP contribution is 2.56. The van der Waals surface area contributed by atoms with Crippen molar-refractivity contribution in [1.29, 1.82) is 0 Å². The third kappa shape index (κ3) is 5.75. The number of allylic oxidation sites excluding steroid dienone is 3. The molecule has 38 heavy (non-hydrogen) atoms. The Hall–Kier alpha value is -3.26. The van der Waals surface area contributed by atoms with E-state index in [2.05, 4.69) is 33.9 Å². The number of aromatic hydroxyl groups is 2. The minimum absolute atomic E-state index is 0.0989. The van der Waals surface area contributed by atoms with Crippen LogP contribution in [0.5, 0.6) is 11.8 Å². The van der Waals surface area contributed by atoms with E-state index in [1.165, 1.54) is 23.5 Å². The second kappa shape index (κ2) is 12.1. The van der Waals surface area contributed by atoms with E-state index in [1.54, 1.807) is 0 Å². The van der Waals surface area contributed by atoms with Crippen LogP contribution in [0.4, 0.5) is 5.82 Å². The zero-order valence-electron chi connectivity index (χ0n) is 22.3. The number of carbonyl (C=O) groups excluding carboxylic acids is 1. The molecule has 0 aromatic carbocycles. The smallest absolute Gasteiger partial charge is 0.330 e. The summed E-state index contributed by atoms with van der Waals surface area (Å²) in [6.07, 6.45) is 15.3. The molecule has 2 aromatic heterocycles. The SMILES string of the molecule is CCCCCCC=CC(=O)OC(CN1CCN(c2ccccn2)CC1)Cn1c(O)c2c(c1O)C1C=CC2C1. The number of piperazine rings is 1. The van der Waals surface area contributed by atoms with E-state index in [-0.39, 0.29) is 36.1 Å². The van der Waals surface area contributed by atoms with Crippen molar-refractivity contribution in [2.75, 3.05) is 37.6 Å². The van der Waals surface area contributed by atoms with E-state index in [1.807, 2.05) is 30.5 Å². The molecular weight excluding hydrogens is 480 g/mol. The minimum atomic E-state index is -0.511. The lowest BCUT2D eigenvalue weighted by Crippen LogP contribution is -2.49. The van der Waals surface area contributed by atoms with Gasteiger partial charge in [0, 0.05) is 68.0 Å². The van der Waals surface area contributed by atoms with Gasteiger partial charge in [-0.2, -0.15) is 0 Å². The normalized spacial score (nSPS) is 21.3. The van der Waals surface area contributed by atoms with Gasteiger partial charge >= 0.3 is 5.97 Å². The summed E-state index contributed by atoms with van der Waals surface area (Å²) in [6.45, 7) is 6.21.